The summed E-state index contributed by atoms with van der Waals surface area (Å²) in [5.74, 6) is -2.10. The van der Waals surface area contributed by atoms with Gasteiger partial charge >= 0.3 is 5.97 Å². The maximum Gasteiger partial charge on any atom is 0.326 e. The fourth-order valence-electron chi connectivity index (χ4n) is 2.39. The third-order valence-corrected chi connectivity index (χ3v) is 4.15. The first kappa shape index (κ1) is 16.3. The molecule has 1 saturated heterocycles. The molecule has 2 rings (SSSR count). The lowest BCUT2D eigenvalue weighted by atomic mass is 10.1. The highest BCUT2D eigenvalue weighted by molar-refractivity contribution is 6.30. The van der Waals surface area contributed by atoms with E-state index in [0.29, 0.717) is 10.7 Å². The average Bonchev–Trinajstić information content (AvgIpc) is 2.87. The van der Waals surface area contributed by atoms with Gasteiger partial charge in [-0.25, -0.2) is 4.79 Å². The van der Waals surface area contributed by atoms with Crippen molar-refractivity contribution in [3.8, 4) is 0 Å². The standard InChI is InChI=1S/C15H17ClN2O4/c1-9(15(21)22)17(2)14(20)10-7-13(19)18(8-10)12-5-3-11(16)4-6-12/h3-6,9-10H,7-8H2,1-2H3,(H,21,22)/t9-,10?/m0/s1. The number of rotatable bonds is 4. The molecule has 0 aromatic heterocycles. The molecule has 1 unspecified atom stereocenters. The molecule has 0 bridgehead atoms. The van der Waals surface area contributed by atoms with E-state index in [2.05, 4.69) is 0 Å². The van der Waals surface area contributed by atoms with E-state index in [1.807, 2.05) is 0 Å². The first-order chi connectivity index (χ1) is 10.3. The van der Waals surface area contributed by atoms with Crippen LogP contribution in [0, 0.1) is 5.92 Å². The van der Waals surface area contributed by atoms with Gasteiger partial charge in [-0.15, -0.1) is 0 Å². The van der Waals surface area contributed by atoms with E-state index < -0.39 is 17.9 Å². The van der Waals surface area contributed by atoms with E-state index in [4.69, 9.17) is 16.7 Å². The van der Waals surface area contributed by atoms with Crippen molar-refractivity contribution in [1.82, 2.24) is 4.90 Å². The number of hydrogen-bond acceptors (Lipinski definition) is 3. The van der Waals surface area contributed by atoms with Crippen molar-refractivity contribution in [2.75, 3.05) is 18.5 Å². The van der Waals surface area contributed by atoms with Gasteiger partial charge in [-0.2, -0.15) is 0 Å². The Kier molecular flexibility index (Phi) is 4.71. The van der Waals surface area contributed by atoms with Crippen molar-refractivity contribution in [2.24, 2.45) is 5.92 Å². The molecular formula is C15H17ClN2O4. The number of likely N-dealkylation sites (N-methyl/N-ethyl adjacent to an activating group) is 1. The summed E-state index contributed by atoms with van der Waals surface area (Å²) in [6.45, 7) is 1.68. The van der Waals surface area contributed by atoms with Gasteiger partial charge in [0.05, 0.1) is 5.92 Å². The Balaban J connectivity index is 2.10. The highest BCUT2D eigenvalue weighted by atomic mass is 35.5. The van der Waals surface area contributed by atoms with Gasteiger partial charge in [-0.05, 0) is 31.2 Å². The zero-order chi connectivity index (χ0) is 16.4. The molecule has 0 radical (unpaired) electrons. The van der Waals surface area contributed by atoms with Gasteiger partial charge in [0.1, 0.15) is 6.04 Å². The molecule has 1 aliphatic heterocycles. The maximum atomic E-state index is 12.3. The maximum absolute atomic E-state index is 12.3. The lowest BCUT2D eigenvalue weighted by molar-refractivity contribution is -0.149. The number of carboxylic acid groups (broad SMARTS) is 1. The molecule has 6 nitrogen and oxygen atoms in total. The fourth-order valence-corrected chi connectivity index (χ4v) is 2.51. The number of amides is 2. The summed E-state index contributed by atoms with van der Waals surface area (Å²) in [4.78, 5) is 38.1. The quantitative estimate of drug-likeness (QED) is 0.913. The monoisotopic (exact) mass is 324 g/mol. The first-order valence-corrected chi connectivity index (χ1v) is 7.24. The van der Waals surface area contributed by atoms with Crippen molar-refractivity contribution >= 4 is 35.1 Å². The Morgan fingerprint density at radius 3 is 2.50 bits per heavy atom. The van der Waals surface area contributed by atoms with Gasteiger partial charge in [-0.1, -0.05) is 11.6 Å². The van der Waals surface area contributed by atoms with Crippen LogP contribution in [0.25, 0.3) is 0 Å². The fraction of sp³-hybridized carbons (Fsp3) is 0.400. The van der Waals surface area contributed by atoms with Crippen LogP contribution in [0.15, 0.2) is 24.3 Å². The van der Waals surface area contributed by atoms with Gasteiger partial charge in [0, 0.05) is 30.7 Å². The summed E-state index contributed by atoms with van der Waals surface area (Å²) < 4.78 is 0. The van der Waals surface area contributed by atoms with Crippen molar-refractivity contribution in [3.05, 3.63) is 29.3 Å². The molecule has 0 spiro atoms. The lowest BCUT2D eigenvalue weighted by Gasteiger charge is -2.24. The van der Waals surface area contributed by atoms with Gasteiger partial charge in [0.2, 0.25) is 11.8 Å². The van der Waals surface area contributed by atoms with Crippen LogP contribution < -0.4 is 4.90 Å². The molecule has 0 saturated carbocycles. The summed E-state index contributed by atoms with van der Waals surface area (Å²) in [6.07, 6.45) is 0.0815. The van der Waals surface area contributed by atoms with E-state index in [9.17, 15) is 14.4 Å². The second-order valence-corrected chi connectivity index (χ2v) is 5.78. The van der Waals surface area contributed by atoms with Gasteiger partial charge < -0.3 is 14.9 Å². The first-order valence-electron chi connectivity index (χ1n) is 6.86. The van der Waals surface area contributed by atoms with Crippen molar-refractivity contribution < 1.29 is 19.5 Å². The zero-order valence-corrected chi connectivity index (χ0v) is 13.1. The molecule has 0 aliphatic carbocycles. The molecule has 1 fully saturated rings. The Morgan fingerprint density at radius 1 is 1.36 bits per heavy atom. The molecule has 22 heavy (non-hydrogen) atoms. The predicted molar refractivity (Wildman–Crippen MR) is 81.8 cm³/mol. The Bertz CT molecular complexity index is 602. The minimum absolute atomic E-state index is 0.0815. The van der Waals surface area contributed by atoms with Crippen molar-refractivity contribution in [1.29, 1.82) is 0 Å². The average molecular weight is 325 g/mol. The summed E-state index contributed by atoms with van der Waals surface area (Å²) in [7, 11) is 1.44. The molecule has 2 atom stereocenters. The number of carboxylic acids is 1. The molecule has 1 aliphatic rings. The number of carbonyl (C=O) groups excluding carboxylic acids is 2. The molecule has 1 aromatic carbocycles. The number of carbonyl (C=O) groups is 3. The molecule has 1 aromatic rings. The lowest BCUT2D eigenvalue weighted by Crippen LogP contribution is -2.43. The van der Waals surface area contributed by atoms with Gasteiger partial charge in [-0.3, -0.25) is 9.59 Å². The van der Waals surface area contributed by atoms with Crippen LogP contribution in [0.2, 0.25) is 5.02 Å². The molecule has 1 heterocycles. The smallest absolute Gasteiger partial charge is 0.326 e. The van der Waals surface area contributed by atoms with E-state index in [1.165, 1.54) is 23.8 Å². The van der Waals surface area contributed by atoms with Crippen molar-refractivity contribution in [2.45, 2.75) is 19.4 Å². The number of nitrogens with zero attached hydrogens (tertiary/aromatic N) is 2. The van der Waals surface area contributed by atoms with E-state index in [-0.39, 0.29) is 24.8 Å². The summed E-state index contributed by atoms with van der Waals surface area (Å²) >= 11 is 5.82. The molecule has 2 amide bonds. The minimum Gasteiger partial charge on any atom is -0.480 e. The van der Waals surface area contributed by atoms with E-state index in [0.717, 1.165) is 0 Å². The number of benzene rings is 1. The zero-order valence-electron chi connectivity index (χ0n) is 12.3. The summed E-state index contributed by atoms with van der Waals surface area (Å²) in [6, 6.07) is 5.87. The topological polar surface area (TPSA) is 77.9 Å². The number of hydrogen-bond donors (Lipinski definition) is 1. The van der Waals surface area contributed by atoms with Crippen molar-refractivity contribution in [3.63, 3.8) is 0 Å². The Labute approximate surface area is 133 Å². The van der Waals surface area contributed by atoms with Crippen LogP contribution in [-0.4, -0.2) is 47.4 Å². The predicted octanol–water partition coefficient (Wildman–Crippen LogP) is 1.62. The van der Waals surface area contributed by atoms with Crippen LogP contribution in [0.4, 0.5) is 5.69 Å². The third-order valence-electron chi connectivity index (χ3n) is 3.90. The summed E-state index contributed by atoms with van der Waals surface area (Å²) in [5, 5.41) is 9.54. The van der Waals surface area contributed by atoms with Crippen LogP contribution in [0.1, 0.15) is 13.3 Å². The Morgan fingerprint density at radius 2 is 1.95 bits per heavy atom. The molecular weight excluding hydrogens is 308 g/mol. The second-order valence-electron chi connectivity index (χ2n) is 5.35. The minimum atomic E-state index is -1.07. The highest BCUT2D eigenvalue weighted by Crippen LogP contribution is 2.27. The van der Waals surface area contributed by atoms with Crippen LogP contribution in [0.5, 0.6) is 0 Å². The SMILES string of the molecule is C[C@@H](C(=O)O)N(C)C(=O)C1CC(=O)N(c2ccc(Cl)cc2)C1. The second kappa shape index (κ2) is 6.36. The number of halogens is 1. The number of anilines is 1. The van der Waals surface area contributed by atoms with E-state index >= 15 is 0 Å². The van der Waals surface area contributed by atoms with Crippen LogP contribution in [-0.2, 0) is 14.4 Å². The van der Waals surface area contributed by atoms with E-state index in [1.54, 1.807) is 24.3 Å². The molecule has 7 heteroatoms. The summed E-state index contributed by atoms with van der Waals surface area (Å²) in [5.41, 5.74) is 0.679. The molecule has 1 N–H and O–H groups in total. The third kappa shape index (κ3) is 3.22. The molecule has 118 valence electrons. The van der Waals surface area contributed by atoms with Gasteiger partial charge in [0.25, 0.3) is 0 Å². The van der Waals surface area contributed by atoms with Crippen LogP contribution in [0.3, 0.4) is 0 Å². The van der Waals surface area contributed by atoms with Gasteiger partial charge in [0.15, 0.2) is 0 Å². The highest BCUT2D eigenvalue weighted by Gasteiger charge is 2.38. The number of aliphatic carboxylic acids is 1. The van der Waals surface area contributed by atoms with Crippen LogP contribution >= 0.6 is 11.6 Å². The normalized spacial score (nSPS) is 19.1. The largest absolute Gasteiger partial charge is 0.480 e. The Hall–Kier alpha value is -2.08.